The number of carbonyl (C=O) groups excluding carboxylic acids is 3. The lowest BCUT2D eigenvalue weighted by molar-refractivity contribution is -0.143. The molecule has 1 fully saturated rings. The zero-order chi connectivity index (χ0) is 21.7. The van der Waals surface area contributed by atoms with E-state index in [9.17, 15) is 19.2 Å². The lowest BCUT2D eigenvalue weighted by Crippen LogP contribution is -2.36. The monoisotopic (exact) mass is 410 g/mol. The summed E-state index contributed by atoms with van der Waals surface area (Å²) in [7, 11) is 1.17. The molecule has 3 rings (SSSR count). The summed E-state index contributed by atoms with van der Waals surface area (Å²) in [6, 6.07) is 12.5. The highest BCUT2D eigenvalue weighted by molar-refractivity contribution is 6.15. The maximum atomic E-state index is 12.3. The Kier molecular flexibility index (Phi) is 6.11. The molecule has 0 aromatic heterocycles. The van der Waals surface area contributed by atoms with Crippen LogP contribution in [0.4, 0.5) is 4.79 Å². The van der Waals surface area contributed by atoms with Gasteiger partial charge < -0.3 is 19.9 Å². The summed E-state index contributed by atoms with van der Waals surface area (Å²) in [6.45, 7) is -0.271. The Labute approximate surface area is 171 Å². The number of hydrogen-bond donors (Lipinski definition) is 2. The van der Waals surface area contributed by atoms with Gasteiger partial charge in [0.25, 0.3) is 5.91 Å². The van der Waals surface area contributed by atoms with E-state index in [1.54, 1.807) is 36.4 Å². The van der Waals surface area contributed by atoms with E-state index < -0.39 is 30.4 Å². The van der Waals surface area contributed by atoms with Crippen molar-refractivity contribution in [1.82, 2.24) is 10.2 Å². The molecule has 0 saturated carbocycles. The molecule has 0 aliphatic carbocycles. The third-order valence-corrected chi connectivity index (χ3v) is 4.25. The molecular formula is C21H18N2O7. The Morgan fingerprint density at radius 2 is 1.87 bits per heavy atom. The average Bonchev–Trinajstić information content (AvgIpc) is 3.00. The highest BCUT2D eigenvalue weighted by Crippen LogP contribution is 2.18. The van der Waals surface area contributed by atoms with Gasteiger partial charge in [0, 0.05) is 0 Å². The zero-order valence-corrected chi connectivity index (χ0v) is 16.0. The minimum Gasteiger partial charge on any atom is -0.489 e. The third-order valence-electron chi connectivity index (χ3n) is 4.25. The van der Waals surface area contributed by atoms with E-state index in [1.807, 2.05) is 0 Å². The van der Waals surface area contributed by atoms with Crippen molar-refractivity contribution < 1.29 is 33.8 Å². The summed E-state index contributed by atoms with van der Waals surface area (Å²) in [5, 5.41) is 11.4. The summed E-state index contributed by atoms with van der Waals surface area (Å²) in [5.74, 6) is -1.78. The van der Waals surface area contributed by atoms with Gasteiger partial charge in [-0.3, -0.25) is 9.59 Å². The second-order valence-corrected chi connectivity index (χ2v) is 6.32. The van der Waals surface area contributed by atoms with Crippen LogP contribution in [0.25, 0.3) is 6.08 Å². The van der Waals surface area contributed by atoms with Crippen LogP contribution >= 0.6 is 0 Å². The molecule has 30 heavy (non-hydrogen) atoms. The molecule has 0 atom stereocenters. The minimum absolute atomic E-state index is 0.0445. The SMILES string of the molecule is COC(=O)CN1C(=O)N/C(=C/c2ccc(OCc3cccc(C(=O)O)c3)cc2)C1=O. The molecule has 0 unspecified atom stereocenters. The fraction of sp³-hybridized carbons (Fsp3) is 0.143. The number of carboxylic acid groups (broad SMARTS) is 1. The van der Waals surface area contributed by atoms with Crippen LogP contribution in [-0.4, -0.2) is 47.5 Å². The number of carbonyl (C=O) groups is 4. The van der Waals surface area contributed by atoms with Gasteiger partial charge in [-0.25, -0.2) is 14.5 Å². The number of carboxylic acids is 1. The zero-order valence-electron chi connectivity index (χ0n) is 16.0. The first-order chi connectivity index (χ1) is 14.4. The summed E-state index contributed by atoms with van der Waals surface area (Å²) in [6.07, 6.45) is 1.48. The number of nitrogens with one attached hydrogen (secondary N) is 1. The lowest BCUT2D eigenvalue weighted by Gasteiger charge is -2.09. The van der Waals surface area contributed by atoms with E-state index in [4.69, 9.17) is 9.84 Å². The van der Waals surface area contributed by atoms with Crippen LogP contribution in [0.1, 0.15) is 21.5 Å². The topological polar surface area (TPSA) is 122 Å². The summed E-state index contributed by atoms with van der Waals surface area (Å²) in [5.41, 5.74) is 1.58. The molecule has 0 radical (unpaired) electrons. The van der Waals surface area contributed by atoms with Crippen LogP contribution < -0.4 is 10.1 Å². The Balaban J connectivity index is 1.64. The number of urea groups is 1. The molecule has 9 heteroatoms. The Bertz CT molecular complexity index is 1030. The van der Waals surface area contributed by atoms with Crippen LogP contribution in [0.3, 0.4) is 0 Å². The molecule has 1 saturated heterocycles. The summed E-state index contributed by atoms with van der Waals surface area (Å²) in [4.78, 5) is 47.2. The van der Waals surface area contributed by atoms with Crippen molar-refractivity contribution in [3.8, 4) is 5.75 Å². The van der Waals surface area contributed by atoms with Gasteiger partial charge >= 0.3 is 18.0 Å². The largest absolute Gasteiger partial charge is 0.489 e. The summed E-state index contributed by atoms with van der Waals surface area (Å²) >= 11 is 0. The number of rotatable bonds is 7. The molecule has 2 N–H and O–H groups in total. The van der Waals surface area contributed by atoms with E-state index in [0.29, 0.717) is 16.9 Å². The van der Waals surface area contributed by atoms with Gasteiger partial charge in [0.05, 0.1) is 12.7 Å². The first kappa shape index (κ1) is 20.6. The Hall–Kier alpha value is -4.14. The first-order valence-corrected chi connectivity index (χ1v) is 8.84. The normalized spacial score (nSPS) is 14.6. The molecule has 0 bridgehead atoms. The van der Waals surface area contributed by atoms with E-state index in [2.05, 4.69) is 10.1 Å². The van der Waals surface area contributed by atoms with E-state index in [0.717, 1.165) is 4.90 Å². The van der Waals surface area contributed by atoms with Crippen molar-refractivity contribution in [3.05, 3.63) is 70.9 Å². The average molecular weight is 410 g/mol. The van der Waals surface area contributed by atoms with Crippen molar-refractivity contribution in [3.63, 3.8) is 0 Å². The number of aromatic carboxylic acids is 1. The number of nitrogens with zero attached hydrogens (tertiary/aromatic N) is 1. The van der Waals surface area contributed by atoms with Crippen LogP contribution in [0.15, 0.2) is 54.2 Å². The smallest absolute Gasteiger partial charge is 0.335 e. The Morgan fingerprint density at radius 3 is 2.53 bits per heavy atom. The number of esters is 1. The van der Waals surface area contributed by atoms with Crippen molar-refractivity contribution in [2.75, 3.05) is 13.7 Å². The van der Waals surface area contributed by atoms with Crippen molar-refractivity contribution in [1.29, 1.82) is 0 Å². The van der Waals surface area contributed by atoms with Crippen molar-refractivity contribution >= 4 is 30.0 Å². The van der Waals surface area contributed by atoms with E-state index in [-0.39, 0.29) is 17.9 Å². The van der Waals surface area contributed by atoms with Crippen LogP contribution in [0.2, 0.25) is 0 Å². The molecule has 2 aromatic carbocycles. The molecule has 3 amide bonds. The van der Waals surface area contributed by atoms with Gasteiger partial charge in [-0.15, -0.1) is 0 Å². The maximum Gasteiger partial charge on any atom is 0.335 e. The molecule has 9 nitrogen and oxygen atoms in total. The molecule has 1 aliphatic heterocycles. The predicted molar refractivity (Wildman–Crippen MR) is 104 cm³/mol. The van der Waals surface area contributed by atoms with Crippen LogP contribution in [-0.2, 0) is 20.9 Å². The summed E-state index contributed by atoms with van der Waals surface area (Å²) < 4.78 is 10.1. The standard InChI is InChI=1S/C21H18N2O7/c1-29-18(24)11-23-19(25)17(22-21(23)28)10-13-5-7-16(8-6-13)30-12-14-3-2-4-15(9-14)20(26)27/h2-10H,11-12H2,1H3,(H,22,28)(H,26,27)/b17-10+. The second kappa shape index (κ2) is 8.91. The predicted octanol–water partition coefficient (Wildman–Crippen LogP) is 2.03. The molecule has 2 aromatic rings. The third kappa shape index (κ3) is 4.82. The molecule has 0 spiro atoms. The number of ether oxygens (including phenoxy) is 2. The quantitative estimate of drug-likeness (QED) is 0.407. The molecular weight excluding hydrogens is 392 g/mol. The van der Waals surface area contributed by atoms with Crippen molar-refractivity contribution in [2.45, 2.75) is 6.61 Å². The minimum atomic E-state index is -1.01. The number of amides is 3. The second-order valence-electron chi connectivity index (χ2n) is 6.32. The first-order valence-electron chi connectivity index (χ1n) is 8.84. The highest BCUT2D eigenvalue weighted by atomic mass is 16.5. The van der Waals surface area contributed by atoms with Gasteiger partial charge in [-0.1, -0.05) is 24.3 Å². The van der Waals surface area contributed by atoms with Gasteiger partial charge in [-0.05, 0) is 41.5 Å². The van der Waals surface area contributed by atoms with Gasteiger partial charge in [0.2, 0.25) is 0 Å². The number of imide groups is 1. The maximum absolute atomic E-state index is 12.3. The van der Waals surface area contributed by atoms with Crippen LogP contribution in [0, 0.1) is 0 Å². The van der Waals surface area contributed by atoms with Gasteiger partial charge in [0.1, 0.15) is 24.6 Å². The number of hydrogen-bond acceptors (Lipinski definition) is 6. The lowest BCUT2D eigenvalue weighted by atomic mass is 10.1. The van der Waals surface area contributed by atoms with E-state index >= 15 is 0 Å². The molecule has 1 aliphatic rings. The van der Waals surface area contributed by atoms with E-state index in [1.165, 1.54) is 25.3 Å². The Morgan fingerprint density at radius 1 is 1.13 bits per heavy atom. The fourth-order valence-corrected chi connectivity index (χ4v) is 2.70. The fourth-order valence-electron chi connectivity index (χ4n) is 2.70. The van der Waals surface area contributed by atoms with Crippen LogP contribution in [0.5, 0.6) is 5.75 Å². The van der Waals surface area contributed by atoms with Gasteiger partial charge in [-0.2, -0.15) is 0 Å². The van der Waals surface area contributed by atoms with Crippen molar-refractivity contribution in [2.24, 2.45) is 0 Å². The van der Waals surface area contributed by atoms with Gasteiger partial charge in [0.15, 0.2) is 0 Å². The number of methoxy groups -OCH3 is 1. The molecule has 154 valence electrons. The molecule has 1 heterocycles. The number of benzene rings is 2. The highest BCUT2D eigenvalue weighted by Gasteiger charge is 2.35.